The molecule has 1 aromatic heterocycles. The predicted octanol–water partition coefficient (Wildman–Crippen LogP) is 4.19. The molecule has 0 radical (unpaired) electrons. The molecule has 0 aliphatic carbocycles. The summed E-state index contributed by atoms with van der Waals surface area (Å²) in [4.78, 5) is 4.75. The van der Waals surface area contributed by atoms with Gasteiger partial charge in [-0.25, -0.2) is 4.98 Å². The van der Waals surface area contributed by atoms with Gasteiger partial charge >= 0.3 is 0 Å². The van der Waals surface area contributed by atoms with Crippen molar-refractivity contribution < 1.29 is 4.74 Å². The summed E-state index contributed by atoms with van der Waals surface area (Å²) in [7, 11) is 1.69. The topological polar surface area (TPSA) is 34.2 Å². The van der Waals surface area contributed by atoms with Crippen molar-refractivity contribution in [1.29, 1.82) is 0 Å². The fraction of sp³-hybridized carbons (Fsp3) is 0.438. The van der Waals surface area contributed by atoms with Crippen molar-refractivity contribution in [3.05, 3.63) is 30.0 Å². The number of methoxy groups -OCH3 is 1. The summed E-state index contributed by atoms with van der Waals surface area (Å²) in [6.45, 7) is 7.45. The van der Waals surface area contributed by atoms with E-state index >= 15 is 0 Å². The van der Waals surface area contributed by atoms with Crippen LogP contribution >= 0.6 is 0 Å². The van der Waals surface area contributed by atoms with Gasteiger partial charge in [0.05, 0.1) is 7.11 Å². The van der Waals surface area contributed by atoms with E-state index in [-0.39, 0.29) is 0 Å². The second-order valence-electron chi connectivity index (χ2n) is 5.03. The first-order valence-corrected chi connectivity index (χ1v) is 6.88. The monoisotopic (exact) mass is 258 g/mol. The molecule has 1 N–H and O–H groups in total. The van der Waals surface area contributed by atoms with Crippen LogP contribution in [-0.2, 0) is 0 Å². The first-order chi connectivity index (χ1) is 9.17. The Bertz CT molecular complexity index is 564. The lowest BCUT2D eigenvalue weighted by Gasteiger charge is -2.14. The molecule has 0 bridgehead atoms. The average molecular weight is 258 g/mol. The Labute approximate surface area is 115 Å². The predicted molar refractivity (Wildman–Crippen MR) is 81.2 cm³/mol. The third kappa shape index (κ3) is 2.80. The number of pyridine rings is 1. The number of hydrogen-bond acceptors (Lipinski definition) is 3. The van der Waals surface area contributed by atoms with Gasteiger partial charge in [-0.05, 0) is 24.5 Å². The van der Waals surface area contributed by atoms with E-state index < -0.39 is 0 Å². The molecular formula is C16H22N2O. The minimum Gasteiger partial charge on any atom is -0.494 e. The second kappa shape index (κ2) is 5.91. The van der Waals surface area contributed by atoms with Crippen molar-refractivity contribution in [1.82, 2.24) is 4.98 Å². The molecule has 3 nitrogen and oxygen atoms in total. The molecule has 0 spiro atoms. The smallest absolute Gasteiger partial charge is 0.145 e. The SMILES string of the molecule is CCCNc1cc(C(C)C)nc2c(OC)cccc12. The van der Waals surface area contributed by atoms with Gasteiger partial charge in [0.25, 0.3) is 0 Å². The Balaban J connectivity index is 2.63. The highest BCUT2D eigenvalue weighted by atomic mass is 16.5. The maximum Gasteiger partial charge on any atom is 0.145 e. The van der Waals surface area contributed by atoms with Crippen molar-refractivity contribution in [2.45, 2.75) is 33.1 Å². The Kier molecular flexibility index (Phi) is 4.25. The third-order valence-corrected chi connectivity index (χ3v) is 3.20. The van der Waals surface area contributed by atoms with Gasteiger partial charge in [-0.2, -0.15) is 0 Å². The van der Waals surface area contributed by atoms with Crippen molar-refractivity contribution in [2.24, 2.45) is 0 Å². The zero-order valence-corrected chi connectivity index (χ0v) is 12.2. The van der Waals surface area contributed by atoms with Crippen LogP contribution in [0, 0.1) is 0 Å². The number of aromatic nitrogens is 1. The van der Waals surface area contributed by atoms with Gasteiger partial charge in [0.2, 0.25) is 0 Å². The van der Waals surface area contributed by atoms with Crippen LogP contribution in [0.5, 0.6) is 5.75 Å². The molecule has 2 aromatic rings. The molecule has 1 heterocycles. The lowest BCUT2D eigenvalue weighted by molar-refractivity contribution is 0.419. The van der Waals surface area contributed by atoms with Crippen LogP contribution in [0.15, 0.2) is 24.3 Å². The molecule has 0 amide bonds. The van der Waals surface area contributed by atoms with Crippen molar-refractivity contribution >= 4 is 16.6 Å². The van der Waals surface area contributed by atoms with Gasteiger partial charge in [-0.15, -0.1) is 0 Å². The molecule has 0 saturated carbocycles. The molecule has 0 atom stereocenters. The minimum atomic E-state index is 0.400. The summed E-state index contributed by atoms with van der Waals surface area (Å²) >= 11 is 0. The van der Waals surface area contributed by atoms with Crippen LogP contribution in [0.4, 0.5) is 5.69 Å². The van der Waals surface area contributed by atoms with Crippen molar-refractivity contribution in [3.8, 4) is 5.75 Å². The van der Waals surface area contributed by atoms with E-state index in [4.69, 9.17) is 9.72 Å². The van der Waals surface area contributed by atoms with Gasteiger partial charge in [-0.3, -0.25) is 0 Å². The lowest BCUT2D eigenvalue weighted by Crippen LogP contribution is -2.04. The summed E-state index contributed by atoms with van der Waals surface area (Å²) in [6.07, 6.45) is 1.10. The fourth-order valence-electron chi connectivity index (χ4n) is 2.11. The molecule has 3 heteroatoms. The normalized spacial score (nSPS) is 11.0. The van der Waals surface area contributed by atoms with Crippen LogP contribution in [0.2, 0.25) is 0 Å². The molecule has 0 unspecified atom stereocenters. The van der Waals surface area contributed by atoms with Crippen LogP contribution in [0.25, 0.3) is 10.9 Å². The Morgan fingerprint density at radius 1 is 1.32 bits per heavy atom. The average Bonchev–Trinajstić information content (AvgIpc) is 2.43. The lowest BCUT2D eigenvalue weighted by atomic mass is 10.1. The maximum absolute atomic E-state index is 5.43. The summed E-state index contributed by atoms with van der Waals surface area (Å²) < 4.78 is 5.43. The first kappa shape index (κ1) is 13.7. The third-order valence-electron chi connectivity index (χ3n) is 3.20. The molecule has 0 fully saturated rings. The largest absolute Gasteiger partial charge is 0.494 e. The van der Waals surface area contributed by atoms with E-state index in [9.17, 15) is 0 Å². The van der Waals surface area contributed by atoms with Gasteiger partial charge < -0.3 is 10.1 Å². The van der Waals surface area contributed by atoms with E-state index in [2.05, 4.69) is 38.2 Å². The second-order valence-corrected chi connectivity index (χ2v) is 5.03. The highest BCUT2D eigenvalue weighted by Gasteiger charge is 2.11. The van der Waals surface area contributed by atoms with Crippen LogP contribution in [0.3, 0.4) is 0 Å². The fourth-order valence-corrected chi connectivity index (χ4v) is 2.11. The summed E-state index contributed by atoms with van der Waals surface area (Å²) in [6, 6.07) is 8.22. The highest BCUT2D eigenvalue weighted by molar-refractivity contribution is 5.95. The number of benzene rings is 1. The zero-order chi connectivity index (χ0) is 13.8. The van der Waals surface area contributed by atoms with Gasteiger partial charge in [-0.1, -0.05) is 32.9 Å². The molecule has 102 valence electrons. The van der Waals surface area contributed by atoms with E-state index in [0.29, 0.717) is 5.92 Å². The van der Waals surface area contributed by atoms with Gasteiger partial charge in [0.15, 0.2) is 0 Å². The number of nitrogens with one attached hydrogen (secondary N) is 1. The van der Waals surface area contributed by atoms with Crippen LogP contribution in [-0.4, -0.2) is 18.6 Å². The quantitative estimate of drug-likeness (QED) is 0.873. The summed E-state index contributed by atoms with van der Waals surface area (Å²) in [5.41, 5.74) is 3.18. The molecule has 2 rings (SSSR count). The number of ether oxygens (including phenoxy) is 1. The maximum atomic E-state index is 5.43. The standard InChI is InChI=1S/C16H22N2O/c1-5-9-17-14-10-13(11(2)3)18-16-12(14)7-6-8-15(16)19-4/h6-8,10-11H,5,9H2,1-4H3,(H,17,18). The molecule has 0 saturated heterocycles. The van der Waals surface area contributed by atoms with Crippen molar-refractivity contribution in [2.75, 3.05) is 19.0 Å². The Hall–Kier alpha value is -1.77. The number of para-hydroxylation sites is 1. The van der Waals surface area contributed by atoms with Crippen LogP contribution < -0.4 is 10.1 Å². The summed E-state index contributed by atoms with van der Waals surface area (Å²) in [5.74, 6) is 1.23. The van der Waals surface area contributed by atoms with E-state index in [1.807, 2.05) is 12.1 Å². The zero-order valence-electron chi connectivity index (χ0n) is 12.2. The van der Waals surface area contributed by atoms with Gasteiger partial charge in [0, 0.05) is 23.3 Å². The number of nitrogens with zero attached hydrogens (tertiary/aromatic N) is 1. The van der Waals surface area contributed by atoms with E-state index in [1.54, 1.807) is 7.11 Å². The number of hydrogen-bond donors (Lipinski definition) is 1. The Morgan fingerprint density at radius 3 is 2.74 bits per heavy atom. The minimum absolute atomic E-state index is 0.400. The number of rotatable bonds is 5. The number of anilines is 1. The Morgan fingerprint density at radius 2 is 2.11 bits per heavy atom. The number of fused-ring (bicyclic) bond motifs is 1. The van der Waals surface area contributed by atoms with Gasteiger partial charge in [0.1, 0.15) is 11.3 Å². The molecule has 0 aliphatic rings. The molecule has 1 aromatic carbocycles. The molecular weight excluding hydrogens is 236 g/mol. The summed E-state index contributed by atoms with van der Waals surface area (Å²) in [5, 5.41) is 4.61. The molecule has 0 aliphatic heterocycles. The first-order valence-electron chi connectivity index (χ1n) is 6.88. The van der Waals surface area contributed by atoms with E-state index in [1.165, 1.54) is 0 Å². The van der Waals surface area contributed by atoms with E-state index in [0.717, 1.165) is 41.0 Å². The molecule has 19 heavy (non-hydrogen) atoms. The highest BCUT2D eigenvalue weighted by Crippen LogP contribution is 2.31. The van der Waals surface area contributed by atoms with Crippen LogP contribution in [0.1, 0.15) is 38.8 Å². The van der Waals surface area contributed by atoms with Crippen molar-refractivity contribution in [3.63, 3.8) is 0 Å².